The Morgan fingerprint density at radius 3 is 2.28 bits per heavy atom. The summed E-state index contributed by atoms with van der Waals surface area (Å²) in [5.74, 6) is 2.46. The quantitative estimate of drug-likeness (QED) is 0.491. The van der Waals surface area contributed by atoms with Gasteiger partial charge in [-0.1, -0.05) is 18.2 Å². The molecule has 0 atom stereocenters. The number of para-hydroxylation sites is 1. The van der Waals surface area contributed by atoms with Gasteiger partial charge in [0.15, 0.2) is 0 Å². The van der Waals surface area contributed by atoms with Crippen LogP contribution in [0.1, 0.15) is 26.2 Å². The van der Waals surface area contributed by atoms with E-state index in [1.807, 2.05) is 68.4 Å². The van der Waals surface area contributed by atoms with Gasteiger partial charge in [0, 0.05) is 11.1 Å². The van der Waals surface area contributed by atoms with Crippen molar-refractivity contribution in [3.8, 4) is 23.0 Å². The van der Waals surface area contributed by atoms with E-state index in [-0.39, 0.29) is 12.1 Å². The molecule has 0 radical (unpaired) electrons. The molecule has 0 aliphatic rings. The first-order valence-corrected chi connectivity index (χ1v) is 9.60. The van der Waals surface area contributed by atoms with Crippen LogP contribution in [0.4, 0.5) is 0 Å². The molecule has 0 bridgehead atoms. The molecule has 0 aliphatic carbocycles. The van der Waals surface area contributed by atoms with Crippen LogP contribution in [0.2, 0.25) is 0 Å². The van der Waals surface area contributed by atoms with E-state index >= 15 is 0 Å². The van der Waals surface area contributed by atoms with Crippen molar-refractivity contribution in [2.45, 2.75) is 32.4 Å². The molecule has 0 saturated carbocycles. The fourth-order valence-electron chi connectivity index (χ4n) is 2.45. The molecule has 0 spiro atoms. The molecule has 1 aromatic heterocycles. The number of nitrogens with two attached hydrogens (primary N) is 1. The van der Waals surface area contributed by atoms with Gasteiger partial charge in [-0.25, -0.2) is 0 Å². The predicted octanol–water partition coefficient (Wildman–Crippen LogP) is 3.84. The Labute approximate surface area is 170 Å². The molecule has 3 aromatic rings. The molecule has 1 heterocycles. The Morgan fingerprint density at radius 1 is 0.862 bits per heavy atom. The molecule has 0 amide bonds. The summed E-state index contributed by atoms with van der Waals surface area (Å²) < 4.78 is 22.5. The molecule has 0 aliphatic heterocycles. The second-order valence-corrected chi connectivity index (χ2v) is 7.33. The van der Waals surface area contributed by atoms with E-state index in [0.29, 0.717) is 31.6 Å². The maximum atomic E-state index is 5.96. The Kier molecular flexibility index (Phi) is 7.21. The monoisotopic (exact) mass is 397 g/mol. The van der Waals surface area contributed by atoms with E-state index in [1.165, 1.54) is 0 Å². The van der Waals surface area contributed by atoms with Crippen LogP contribution in [0.15, 0.2) is 59.0 Å². The Balaban J connectivity index is 1.41. The summed E-state index contributed by atoms with van der Waals surface area (Å²) in [6.07, 6.45) is 0.776. The van der Waals surface area contributed by atoms with Gasteiger partial charge in [0.2, 0.25) is 11.8 Å². The first-order chi connectivity index (χ1) is 14.0. The zero-order valence-corrected chi connectivity index (χ0v) is 16.8. The minimum Gasteiger partial charge on any atom is -0.494 e. The molecule has 0 unspecified atom stereocenters. The van der Waals surface area contributed by atoms with Crippen LogP contribution < -0.4 is 15.2 Å². The summed E-state index contributed by atoms with van der Waals surface area (Å²) in [7, 11) is 0. The fraction of sp³-hybridized carbons (Fsp3) is 0.364. The smallest absolute Gasteiger partial charge is 0.247 e. The minimum absolute atomic E-state index is 0.237. The number of rotatable bonds is 11. The molecule has 3 rings (SSSR count). The van der Waals surface area contributed by atoms with Crippen LogP contribution >= 0.6 is 0 Å². The van der Waals surface area contributed by atoms with Gasteiger partial charge in [0.05, 0.1) is 13.2 Å². The van der Waals surface area contributed by atoms with Gasteiger partial charge in [-0.2, -0.15) is 0 Å². The van der Waals surface area contributed by atoms with Crippen molar-refractivity contribution in [1.82, 2.24) is 10.2 Å². The number of hydrogen-bond donors (Lipinski definition) is 1. The lowest BCUT2D eigenvalue weighted by atomic mass is 10.0. The Hall–Kier alpha value is -2.90. The van der Waals surface area contributed by atoms with Gasteiger partial charge in [-0.15, -0.1) is 10.2 Å². The van der Waals surface area contributed by atoms with Gasteiger partial charge in [-0.05, 0) is 56.7 Å². The van der Waals surface area contributed by atoms with Crippen molar-refractivity contribution in [3.05, 3.63) is 60.5 Å². The van der Waals surface area contributed by atoms with Crippen LogP contribution in [0, 0.1) is 0 Å². The van der Waals surface area contributed by atoms with E-state index in [2.05, 4.69) is 10.2 Å². The SMILES string of the molecule is CC(C)(N)CCOc1ccc(-c2nnc(COCCOc3ccccc3)o2)cc1. The molecular weight excluding hydrogens is 370 g/mol. The highest BCUT2D eigenvalue weighted by Crippen LogP contribution is 2.22. The van der Waals surface area contributed by atoms with Gasteiger partial charge in [0.1, 0.15) is 24.7 Å². The largest absolute Gasteiger partial charge is 0.494 e. The Morgan fingerprint density at radius 2 is 1.55 bits per heavy atom. The summed E-state index contributed by atoms with van der Waals surface area (Å²) >= 11 is 0. The fourth-order valence-corrected chi connectivity index (χ4v) is 2.45. The summed E-state index contributed by atoms with van der Waals surface area (Å²) in [5, 5.41) is 8.09. The second-order valence-electron chi connectivity index (χ2n) is 7.33. The van der Waals surface area contributed by atoms with E-state index in [0.717, 1.165) is 23.5 Å². The Bertz CT molecular complexity index is 858. The topological polar surface area (TPSA) is 92.6 Å². The van der Waals surface area contributed by atoms with Gasteiger partial charge in [-0.3, -0.25) is 0 Å². The minimum atomic E-state index is -0.240. The molecule has 2 aromatic carbocycles. The number of aromatic nitrogens is 2. The van der Waals surface area contributed by atoms with Crippen LogP contribution in [0.5, 0.6) is 11.5 Å². The van der Waals surface area contributed by atoms with Crippen LogP contribution in [-0.2, 0) is 11.3 Å². The van der Waals surface area contributed by atoms with E-state index in [1.54, 1.807) is 0 Å². The zero-order chi connectivity index (χ0) is 20.5. The zero-order valence-electron chi connectivity index (χ0n) is 16.8. The third kappa shape index (κ3) is 7.21. The highest BCUT2D eigenvalue weighted by atomic mass is 16.5. The van der Waals surface area contributed by atoms with Gasteiger partial charge < -0.3 is 24.4 Å². The lowest BCUT2D eigenvalue weighted by Crippen LogP contribution is -2.33. The normalized spacial score (nSPS) is 11.4. The lowest BCUT2D eigenvalue weighted by Gasteiger charge is -2.18. The third-order valence-electron chi connectivity index (χ3n) is 4.05. The molecule has 7 nitrogen and oxygen atoms in total. The highest BCUT2D eigenvalue weighted by molar-refractivity contribution is 5.53. The maximum Gasteiger partial charge on any atom is 0.247 e. The maximum absolute atomic E-state index is 5.96. The predicted molar refractivity (Wildman–Crippen MR) is 110 cm³/mol. The van der Waals surface area contributed by atoms with Crippen molar-refractivity contribution < 1.29 is 18.6 Å². The van der Waals surface area contributed by atoms with Crippen molar-refractivity contribution in [1.29, 1.82) is 0 Å². The molecule has 7 heteroatoms. The summed E-state index contributed by atoms with van der Waals surface area (Å²) in [5.41, 5.74) is 6.54. The number of ether oxygens (including phenoxy) is 3. The second kappa shape index (κ2) is 10.0. The highest BCUT2D eigenvalue weighted by Gasteiger charge is 2.11. The van der Waals surface area contributed by atoms with E-state index in [4.69, 9.17) is 24.4 Å². The molecular formula is C22H27N3O4. The summed E-state index contributed by atoms with van der Waals surface area (Å²) in [6.45, 7) is 5.64. The number of nitrogens with zero attached hydrogens (tertiary/aromatic N) is 2. The van der Waals surface area contributed by atoms with Crippen molar-refractivity contribution in [2.75, 3.05) is 19.8 Å². The van der Waals surface area contributed by atoms with Gasteiger partial charge in [0.25, 0.3) is 0 Å². The average Bonchev–Trinajstić information content (AvgIpc) is 3.17. The van der Waals surface area contributed by atoms with E-state index < -0.39 is 0 Å². The molecule has 154 valence electrons. The summed E-state index contributed by atoms with van der Waals surface area (Å²) in [6, 6.07) is 17.1. The first kappa shape index (κ1) is 20.8. The van der Waals surface area contributed by atoms with Crippen molar-refractivity contribution >= 4 is 0 Å². The standard InChI is InChI=1S/C22H27N3O4/c1-22(2,23)12-13-27-19-10-8-17(9-11-19)21-25-24-20(29-21)16-26-14-15-28-18-6-4-3-5-7-18/h3-11H,12-16,23H2,1-2H3. The van der Waals surface area contributed by atoms with Crippen LogP contribution in [-0.4, -0.2) is 35.6 Å². The lowest BCUT2D eigenvalue weighted by molar-refractivity contribution is 0.0757. The van der Waals surface area contributed by atoms with Crippen molar-refractivity contribution in [2.24, 2.45) is 5.73 Å². The van der Waals surface area contributed by atoms with Crippen LogP contribution in [0.25, 0.3) is 11.5 Å². The number of benzene rings is 2. The molecule has 2 N–H and O–H groups in total. The molecule has 0 fully saturated rings. The average molecular weight is 397 g/mol. The first-order valence-electron chi connectivity index (χ1n) is 9.60. The molecule has 0 saturated heterocycles. The molecule has 29 heavy (non-hydrogen) atoms. The summed E-state index contributed by atoms with van der Waals surface area (Å²) in [4.78, 5) is 0. The number of hydrogen-bond acceptors (Lipinski definition) is 7. The van der Waals surface area contributed by atoms with Crippen molar-refractivity contribution in [3.63, 3.8) is 0 Å². The van der Waals surface area contributed by atoms with Crippen LogP contribution in [0.3, 0.4) is 0 Å². The van der Waals surface area contributed by atoms with E-state index in [9.17, 15) is 0 Å². The third-order valence-corrected chi connectivity index (χ3v) is 4.05. The van der Waals surface area contributed by atoms with Gasteiger partial charge >= 0.3 is 0 Å².